The molecule has 2 aromatic carbocycles. The van der Waals surface area contributed by atoms with E-state index in [1.807, 2.05) is 4.90 Å². The number of hydrogen-bond donors (Lipinski definition) is 2. The fourth-order valence-corrected chi connectivity index (χ4v) is 3.83. The number of carbonyl (C=O) groups excluding carboxylic acids is 2. The number of halogens is 2. The fraction of sp³-hybridized carbons (Fsp3) is 0.391. The number of rotatable bonds is 7. The third-order valence-corrected chi connectivity index (χ3v) is 5.61. The van der Waals surface area contributed by atoms with Gasteiger partial charge in [-0.3, -0.25) is 19.4 Å². The normalized spacial score (nSPS) is 18.4. The summed E-state index contributed by atoms with van der Waals surface area (Å²) >= 11 is 0. The first-order valence-electron chi connectivity index (χ1n) is 10.6. The van der Waals surface area contributed by atoms with Crippen LogP contribution in [0.2, 0.25) is 0 Å². The lowest BCUT2D eigenvalue weighted by atomic mass is 10.0. The minimum absolute atomic E-state index is 0.0635. The highest BCUT2D eigenvalue weighted by atomic mass is 19.1. The second kappa shape index (κ2) is 9.53. The van der Waals surface area contributed by atoms with Crippen LogP contribution in [0, 0.1) is 11.6 Å². The van der Waals surface area contributed by atoms with Gasteiger partial charge >= 0.3 is 0 Å². The van der Waals surface area contributed by atoms with Crippen LogP contribution < -0.4 is 10.6 Å². The molecule has 2 fully saturated rings. The van der Waals surface area contributed by atoms with Gasteiger partial charge in [-0.05, 0) is 48.7 Å². The van der Waals surface area contributed by atoms with Gasteiger partial charge < -0.3 is 10.6 Å². The molecule has 0 spiro atoms. The summed E-state index contributed by atoms with van der Waals surface area (Å²) in [6.07, 6.45) is 1.99. The first-order chi connectivity index (χ1) is 15.0. The highest BCUT2D eigenvalue weighted by molar-refractivity contribution is 5.92. The van der Waals surface area contributed by atoms with E-state index in [0.717, 1.165) is 18.4 Å². The Morgan fingerprint density at radius 3 is 2.32 bits per heavy atom. The zero-order valence-electron chi connectivity index (χ0n) is 17.2. The van der Waals surface area contributed by atoms with Crippen molar-refractivity contribution in [2.24, 2.45) is 0 Å². The molecule has 1 saturated heterocycles. The standard InChI is InChI=1S/C23H26F2N4O2/c24-17-6-4-16(5-7-17)22(23(31)27-19-8-9-19)29-12-10-28(11-13-29)15-21(30)26-20-3-1-2-18(25)14-20/h1-7,14,19,22H,8-13,15H2,(H,26,30)(H,27,31). The van der Waals surface area contributed by atoms with Crippen LogP contribution in [0.3, 0.4) is 0 Å². The molecule has 1 unspecified atom stereocenters. The minimum Gasteiger partial charge on any atom is -0.352 e. The number of amides is 2. The maximum absolute atomic E-state index is 13.4. The van der Waals surface area contributed by atoms with Crippen LogP contribution in [0.4, 0.5) is 14.5 Å². The van der Waals surface area contributed by atoms with Crippen molar-refractivity contribution in [1.29, 1.82) is 0 Å². The predicted molar refractivity (Wildman–Crippen MR) is 113 cm³/mol. The molecule has 1 saturated carbocycles. The van der Waals surface area contributed by atoms with Crippen LogP contribution >= 0.6 is 0 Å². The molecule has 0 aromatic heterocycles. The summed E-state index contributed by atoms with van der Waals surface area (Å²) in [6.45, 7) is 2.64. The van der Waals surface area contributed by atoms with Gasteiger partial charge in [-0.25, -0.2) is 8.78 Å². The minimum atomic E-state index is -0.482. The molecule has 8 heteroatoms. The molecule has 0 bridgehead atoms. The molecule has 1 aliphatic carbocycles. The van der Waals surface area contributed by atoms with E-state index < -0.39 is 11.9 Å². The Kier molecular flexibility index (Phi) is 6.58. The summed E-state index contributed by atoms with van der Waals surface area (Å²) in [4.78, 5) is 29.3. The van der Waals surface area contributed by atoms with Crippen molar-refractivity contribution in [3.05, 3.63) is 65.7 Å². The van der Waals surface area contributed by atoms with Crippen molar-refractivity contribution in [3.8, 4) is 0 Å². The maximum Gasteiger partial charge on any atom is 0.242 e. The summed E-state index contributed by atoms with van der Waals surface area (Å²) in [6, 6.07) is 11.6. The molecular weight excluding hydrogens is 402 g/mol. The first kappa shape index (κ1) is 21.4. The predicted octanol–water partition coefficient (Wildman–Crippen LogP) is 2.54. The number of anilines is 1. The van der Waals surface area contributed by atoms with E-state index in [2.05, 4.69) is 15.5 Å². The monoisotopic (exact) mass is 428 g/mol. The van der Waals surface area contributed by atoms with Gasteiger partial charge in [-0.15, -0.1) is 0 Å². The molecule has 1 atom stereocenters. The second-order valence-corrected chi connectivity index (χ2v) is 8.11. The van der Waals surface area contributed by atoms with Crippen LogP contribution in [0.15, 0.2) is 48.5 Å². The van der Waals surface area contributed by atoms with Gasteiger partial charge in [0.15, 0.2) is 0 Å². The van der Waals surface area contributed by atoms with Crippen LogP contribution in [0.25, 0.3) is 0 Å². The zero-order chi connectivity index (χ0) is 21.8. The van der Waals surface area contributed by atoms with Crippen LogP contribution in [-0.2, 0) is 9.59 Å². The SMILES string of the molecule is O=C(CN1CCN(C(C(=O)NC2CC2)c2ccc(F)cc2)CC1)Nc1cccc(F)c1. The largest absolute Gasteiger partial charge is 0.352 e. The van der Waals surface area contributed by atoms with Gasteiger partial charge in [-0.1, -0.05) is 18.2 Å². The first-order valence-corrected chi connectivity index (χ1v) is 10.6. The van der Waals surface area contributed by atoms with E-state index in [1.54, 1.807) is 24.3 Å². The molecular formula is C23H26F2N4O2. The number of hydrogen-bond acceptors (Lipinski definition) is 4. The summed E-state index contributed by atoms with van der Waals surface area (Å²) in [7, 11) is 0. The van der Waals surface area contributed by atoms with Gasteiger partial charge in [0.1, 0.15) is 17.7 Å². The average molecular weight is 428 g/mol. The fourth-order valence-electron chi connectivity index (χ4n) is 3.83. The summed E-state index contributed by atoms with van der Waals surface area (Å²) < 4.78 is 26.7. The third kappa shape index (κ3) is 5.86. The second-order valence-electron chi connectivity index (χ2n) is 8.11. The van der Waals surface area contributed by atoms with E-state index in [1.165, 1.54) is 24.3 Å². The Morgan fingerprint density at radius 2 is 1.68 bits per heavy atom. The van der Waals surface area contributed by atoms with Crippen LogP contribution in [0.1, 0.15) is 24.4 Å². The zero-order valence-corrected chi connectivity index (χ0v) is 17.2. The van der Waals surface area contributed by atoms with Crippen molar-refractivity contribution in [2.45, 2.75) is 24.9 Å². The lowest BCUT2D eigenvalue weighted by Crippen LogP contribution is -2.52. The molecule has 31 heavy (non-hydrogen) atoms. The number of piperazine rings is 1. The molecule has 0 radical (unpaired) electrons. The number of benzene rings is 2. The lowest BCUT2D eigenvalue weighted by Gasteiger charge is -2.38. The highest BCUT2D eigenvalue weighted by Gasteiger charge is 2.34. The van der Waals surface area contributed by atoms with Gasteiger partial charge in [0.25, 0.3) is 0 Å². The molecule has 2 aliphatic rings. The van der Waals surface area contributed by atoms with Crippen LogP contribution in [0.5, 0.6) is 0 Å². The molecule has 2 aromatic rings. The number of carbonyl (C=O) groups is 2. The lowest BCUT2D eigenvalue weighted by molar-refractivity contribution is -0.128. The van der Waals surface area contributed by atoms with Gasteiger partial charge in [0.2, 0.25) is 11.8 Å². The number of nitrogens with one attached hydrogen (secondary N) is 2. The van der Waals surface area contributed by atoms with E-state index in [-0.39, 0.29) is 30.2 Å². The van der Waals surface area contributed by atoms with Crippen molar-refractivity contribution >= 4 is 17.5 Å². The summed E-state index contributed by atoms with van der Waals surface area (Å²) in [5.41, 5.74) is 1.19. The van der Waals surface area contributed by atoms with Crippen molar-refractivity contribution in [2.75, 3.05) is 38.0 Å². The van der Waals surface area contributed by atoms with E-state index >= 15 is 0 Å². The molecule has 2 amide bonds. The van der Waals surface area contributed by atoms with Gasteiger partial charge in [0.05, 0.1) is 6.54 Å². The molecule has 1 heterocycles. The number of nitrogens with zero attached hydrogens (tertiary/aromatic N) is 2. The summed E-state index contributed by atoms with van der Waals surface area (Å²) in [5, 5.41) is 5.76. The topological polar surface area (TPSA) is 64.7 Å². The van der Waals surface area contributed by atoms with E-state index in [4.69, 9.17) is 0 Å². The van der Waals surface area contributed by atoms with Gasteiger partial charge in [-0.2, -0.15) is 0 Å². The quantitative estimate of drug-likeness (QED) is 0.712. The Balaban J connectivity index is 1.35. The molecule has 1 aliphatic heterocycles. The molecule has 2 N–H and O–H groups in total. The van der Waals surface area contributed by atoms with Crippen LogP contribution in [-0.4, -0.2) is 60.4 Å². The van der Waals surface area contributed by atoms with Gasteiger partial charge in [0, 0.05) is 37.9 Å². The maximum atomic E-state index is 13.4. The van der Waals surface area contributed by atoms with Crippen molar-refractivity contribution in [3.63, 3.8) is 0 Å². The van der Waals surface area contributed by atoms with Crippen molar-refractivity contribution in [1.82, 2.24) is 15.1 Å². The Bertz CT molecular complexity index is 925. The summed E-state index contributed by atoms with van der Waals surface area (Å²) in [5.74, 6) is -1.01. The van der Waals surface area contributed by atoms with E-state index in [9.17, 15) is 18.4 Å². The average Bonchev–Trinajstić information content (AvgIpc) is 3.55. The smallest absolute Gasteiger partial charge is 0.242 e. The Hall–Kier alpha value is -2.84. The van der Waals surface area contributed by atoms with E-state index in [0.29, 0.717) is 31.9 Å². The van der Waals surface area contributed by atoms with Crippen molar-refractivity contribution < 1.29 is 18.4 Å². The molecule has 6 nitrogen and oxygen atoms in total. The highest BCUT2D eigenvalue weighted by Crippen LogP contribution is 2.26. The Morgan fingerprint density at radius 1 is 0.968 bits per heavy atom. The Labute approximate surface area is 180 Å². The molecule has 164 valence electrons. The molecule has 4 rings (SSSR count). The third-order valence-electron chi connectivity index (χ3n) is 5.61.